The molecule has 2 amide bonds. The number of hydrogen-bond donors (Lipinski definition) is 3. The lowest BCUT2D eigenvalue weighted by Gasteiger charge is -2.07. The van der Waals surface area contributed by atoms with Crippen LogP contribution in [-0.2, 0) is 4.79 Å². The van der Waals surface area contributed by atoms with Crippen molar-refractivity contribution >= 4 is 24.2 Å². The minimum Gasteiger partial charge on any atom is -0.354 e. The van der Waals surface area contributed by atoms with Gasteiger partial charge in [0.25, 0.3) is 5.91 Å². The lowest BCUT2D eigenvalue weighted by Crippen LogP contribution is -2.34. The van der Waals surface area contributed by atoms with Gasteiger partial charge < -0.3 is 16.0 Å². The van der Waals surface area contributed by atoms with Crippen LogP contribution in [0, 0.1) is 6.92 Å². The fourth-order valence-corrected chi connectivity index (χ4v) is 1.70. The van der Waals surface area contributed by atoms with Crippen molar-refractivity contribution in [1.29, 1.82) is 0 Å². The molecule has 0 aromatic heterocycles. The molecule has 0 heterocycles. The van der Waals surface area contributed by atoms with Crippen LogP contribution < -0.4 is 16.0 Å². The normalized spacial score (nSPS) is 9.62. The Morgan fingerprint density at radius 1 is 1.00 bits per heavy atom. The SMILES string of the molecule is CNCCCC(=O)NCCNC(=O)c1ccc(C)cc1.Cl. The van der Waals surface area contributed by atoms with E-state index in [1.54, 1.807) is 12.1 Å². The smallest absolute Gasteiger partial charge is 0.251 e. The summed E-state index contributed by atoms with van der Waals surface area (Å²) in [5.41, 5.74) is 1.76. The number of nitrogens with one attached hydrogen (secondary N) is 3. The molecule has 0 bridgehead atoms. The molecule has 0 saturated heterocycles. The molecule has 0 aliphatic rings. The fourth-order valence-electron chi connectivity index (χ4n) is 1.70. The summed E-state index contributed by atoms with van der Waals surface area (Å²) in [6, 6.07) is 7.39. The third-order valence-electron chi connectivity index (χ3n) is 2.88. The first kappa shape index (κ1) is 19.4. The zero-order chi connectivity index (χ0) is 14.8. The molecule has 6 heteroatoms. The quantitative estimate of drug-likeness (QED) is 0.633. The van der Waals surface area contributed by atoms with E-state index in [9.17, 15) is 9.59 Å². The molecule has 1 rings (SSSR count). The summed E-state index contributed by atoms with van der Waals surface area (Å²) >= 11 is 0. The minimum absolute atomic E-state index is 0. The molecule has 0 unspecified atom stereocenters. The average molecular weight is 314 g/mol. The third-order valence-corrected chi connectivity index (χ3v) is 2.88. The number of carbonyl (C=O) groups is 2. The van der Waals surface area contributed by atoms with Gasteiger partial charge in [0.1, 0.15) is 0 Å². The van der Waals surface area contributed by atoms with E-state index in [4.69, 9.17) is 0 Å². The lowest BCUT2D eigenvalue weighted by molar-refractivity contribution is -0.121. The number of aryl methyl sites for hydroxylation is 1. The van der Waals surface area contributed by atoms with Gasteiger partial charge in [-0.1, -0.05) is 17.7 Å². The molecule has 3 N–H and O–H groups in total. The number of hydrogen-bond acceptors (Lipinski definition) is 3. The standard InChI is InChI=1S/C15H23N3O2.ClH/c1-12-5-7-13(8-6-12)15(20)18-11-10-17-14(19)4-3-9-16-2;/h5-8,16H,3-4,9-11H2,1-2H3,(H,17,19)(H,18,20);1H. The van der Waals surface area contributed by atoms with Gasteiger partial charge in [-0.15, -0.1) is 12.4 Å². The van der Waals surface area contributed by atoms with Gasteiger partial charge in [0.05, 0.1) is 0 Å². The molecular formula is C15H24ClN3O2. The first-order valence-corrected chi connectivity index (χ1v) is 6.89. The minimum atomic E-state index is -0.116. The van der Waals surface area contributed by atoms with Crippen molar-refractivity contribution < 1.29 is 9.59 Å². The molecule has 0 atom stereocenters. The van der Waals surface area contributed by atoms with E-state index in [2.05, 4.69) is 16.0 Å². The molecule has 5 nitrogen and oxygen atoms in total. The van der Waals surface area contributed by atoms with Crippen LogP contribution in [0.1, 0.15) is 28.8 Å². The Kier molecular flexibility index (Phi) is 10.3. The number of carbonyl (C=O) groups excluding carboxylic acids is 2. The molecule has 118 valence electrons. The van der Waals surface area contributed by atoms with Crippen LogP contribution in [0.4, 0.5) is 0 Å². The van der Waals surface area contributed by atoms with Crippen molar-refractivity contribution in [2.24, 2.45) is 0 Å². The lowest BCUT2D eigenvalue weighted by atomic mass is 10.1. The number of amides is 2. The van der Waals surface area contributed by atoms with E-state index in [1.165, 1.54) is 0 Å². The molecule has 0 aliphatic heterocycles. The fraction of sp³-hybridized carbons (Fsp3) is 0.467. The largest absolute Gasteiger partial charge is 0.354 e. The van der Waals surface area contributed by atoms with Crippen molar-refractivity contribution in [1.82, 2.24) is 16.0 Å². The molecule has 0 radical (unpaired) electrons. The summed E-state index contributed by atoms with van der Waals surface area (Å²) < 4.78 is 0. The highest BCUT2D eigenvalue weighted by Gasteiger charge is 2.04. The first-order valence-electron chi connectivity index (χ1n) is 6.89. The highest BCUT2D eigenvalue weighted by Crippen LogP contribution is 2.02. The van der Waals surface area contributed by atoms with Gasteiger partial charge in [-0.05, 0) is 39.1 Å². The molecule has 21 heavy (non-hydrogen) atoms. The van der Waals surface area contributed by atoms with Gasteiger partial charge in [0.2, 0.25) is 5.91 Å². The van der Waals surface area contributed by atoms with Crippen LogP contribution in [0.5, 0.6) is 0 Å². The van der Waals surface area contributed by atoms with Crippen LogP contribution in [0.3, 0.4) is 0 Å². The van der Waals surface area contributed by atoms with Crippen molar-refractivity contribution in [3.05, 3.63) is 35.4 Å². The highest BCUT2D eigenvalue weighted by atomic mass is 35.5. The summed E-state index contributed by atoms with van der Waals surface area (Å²) in [6.45, 7) is 3.70. The second-order valence-corrected chi connectivity index (χ2v) is 4.68. The first-order chi connectivity index (χ1) is 9.63. The van der Waals surface area contributed by atoms with E-state index in [0.717, 1.165) is 18.5 Å². The van der Waals surface area contributed by atoms with Gasteiger partial charge in [-0.2, -0.15) is 0 Å². The summed E-state index contributed by atoms with van der Waals surface area (Å²) in [4.78, 5) is 23.2. The maximum Gasteiger partial charge on any atom is 0.251 e. The summed E-state index contributed by atoms with van der Waals surface area (Å²) in [5.74, 6) is -0.0979. The Morgan fingerprint density at radius 3 is 2.24 bits per heavy atom. The van der Waals surface area contributed by atoms with Gasteiger partial charge in [0, 0.05) is 25.1 Å². The number of benzene rings is 1. The van der Waals surface area contributed by atoms with Crippen molar-refractivity contribution in [2.45, 2.75) is 19.8 Å². The Labute approximate surface area is 132 Å². The predicted molar refractivity (Wildman–Crippen MR) is 86.9 cm³/mol. The molecule has 0 aliphatic carbocycles. The van der Waals surface area contributed by atoms with Gasteiger partial charge in [-0.3, -0.25) is 9.59 Å². The monoisotopic (exact) mass is 313 g/mol. The Hall–Kier alpha value is -1.59. The Bertz CT molecular complexity index is 435. The number of rotatable bonds is 8. The molecule has 0 spiro atoms. The highest BCUT2D eigenvalue weighted by molar-refractivity contribution is 5.94. The van der Waals surface area contributed by atoms with E-state index < -0.39 is 0 Å². The topological polar surface area (TPSA) is 70.2 Å². The van der Waals surface area contributed by atoms with Crippen molar-refractivity contribution in [3.63, 3.8) is 0 Å². The van der Waals surface area contributed by atoms with E-state index in [-0.39, 0.29) is 24.2 Å². The van der Waals surface area contributed by atoms with Crippen LogP contribution in [0.2, 0.25) is 0 Å². The summed E-state index contributed by atoms with van der Waals surface area (Å²) in [5, 5.41) is 8.54. The second kappa shape index (κ2) is 11.1. The van der Waals surface area contributed by atoms with Crippen LogP contribution in [0.25, 0.3) is 0 Å². The van der Waals surface area contributed by atoms with Crippen LogP contribution in [-0.4, -0.2) is 38.5 Å². The summed E-state index contributed by atoms with van der Waals surface area (Å²) in [7, 11) is 1.86. The Balaban J connectivity index is 0.00000400. The second-order valence-electron chi connectivity index (χ2n) is 4.68. The predicted octanol–water partition coefficient (Wildman–Crippen LogP) is 1.26. The molecule has 0 fully saturated rings. The maximum absolute atomic E-state index is 11.8. The molecule has 1 aromatic rings. The van der Waals surface area contributed by atoms with Crippen LogP contribution in [0.15, 0.2) is 24.3 Å². The van der Waals surface area contributed by atoms with Crippen LogP contribution >= 0.6 is 12.4 Å². The average Bonchev–Trinajstić information content (AvgIpc) is 2.44. The van der Waals surface area contributed by atoms with Crippen molar-refractivity contribution in [3.8, 4) is 0 Å². The van der Waals surface area contributed by atoms with Gasteiger partial charge in [-0.25, -0.2) is 0 Å². The van der Waals surface area contributed by atoms with E-state index in [1.807, 2.05) is 26.1 Å². The molecule has 1 aromatic carbocycles. The maximum atomic E-state index is 11.8. The Morgan fingerprint density at radius 2 is 1.62 bits per heavy atom. The number of halogens is 1. The summed E-state index contributed by atoms with van der Waals surface area (Å²) in [6.07, 6.45) is 1.32. The zero-order valence-electron chi connectivity index (χ0n) is 12.6. The molecule has 0 saturated carbocycles. The molecular weight excluding hydrogens is 290 g/mol. The van der Waals surface area contributed by atoms with Gasteiger partial charge >= 0.3 is 0 Å². The third kappa shape index (κ3) is 8.32. The zero-order valence-corrected chi connectivity index (χ0v) is 13.4. The van der Waals surface area contributed by atoms with E-state index in [0.29, 0.717) is 25.1 Å². The van der Waals surface area contributed by atoms with Crippen molar-refractivity contribution in [2.75, 3.05) is 26.7 Å². The van der Waals surface area contributed by atoms with E-state index >= 15 is 0 Å². The van der Waals surface area contributed by atoms with Gasteiger partial charge in [0.15, 0.2) is 0 Å².